The zero-order valence-electron chi connectivity index (χ0n) is 10.4. The lowest BCUT2D eigenvalue weighted by molar-refractivity contribution is 0.350. The van der Waals surface area contributed by atoms with E-state index < -0.39 is 0 Å². The highest BCUT2D eigenvalue weighted by Crippen LogP contribution is 2.30. The molecule has 2 rings (SSSR count). The molecule has 0 aliphatic carbocycles. The topological polar surface area (TPSA) is 72.1 Å². The van der Waals surface area contributed by atoms with Gasteiger partial charge in [-0.25, -0.2) is 4.98 Å². The van der Waals surface area contributed by atoms with Gasteiger partial charge in [-0.2, -0.15) is 5.10 Å². The van der Waals surface area contributed by atoms with Gasteiger partial charge in [0, 0.05) is 12.1 Å². The number of nitrogens with zero attached hydrogens (tertiary/aromatic N) is 2. The fourth-order valence-electron chi connectivity index (χ4n) is 1.72. The number of nitrogens with one attached hydrogen (secondary N) is 2. The van der Waals surface area contributed by atoms with Crippen molar-refractivity contribution in [3.63, 3.8) is 0 Å². The number of hydrogen-bond acceptors (Lipinski definition) is 5. The van der Waals surface area contributed by atoms with E-state index in [9.17, 15) is 0 Å². The molecule has 18 heavy (non-hydrogen) atoms. The smallest absolute Gasteiger partial charge is 0.165 e. The van der Waals surface area contributed by atoms with Gasteiger partial charge in [0.2, 0.25) is 0 Å². The van der Waals surface area contributed by atoms with Crippen LogP contribution in [-0.2, 0) is 13.1 Å². The van der Waals surface area contributed by atoms with Crippen molar-refractivity contribution in [2.75, 3.05) is 14.2 Å². The van der Waals surface area contributed by atoms with E-state index in [1.165, 1.54) is 6.33 Å². The molecule has 0 spiro atoms. The maximum atomic E-state index is 5.35. The quantitative estimate of drug-likeness (QED) is 0.801. The lowest BCUT2D eigenvalue weighted by atomic mass is 10.2. The van der Waals surface area contributed by atoms with Crippen LogP contribution < -0.4 is 14.8 Å². The summed E-state index contributed by atoms with van der Waals surface area (Å²) in [7, 11) is 3.27. The molecule has 6 heteroatoms. The summed E-state index contributed by atoms with van der Waals surface area (Å²) in [5.41, 5.74) is 1.04. The second-order valence-electron chi connectivity index (χ2n) is 3.69. The summed E-state index contributed by atoms with van der Waals surface area (Å²) in [5, 5.41) is 9.84. The molecule has 0 saturated carbocycles. The molecule has 2 aromatic rings. The van der Waals surface area contributed by atoms with Crippen molar-refractivity contribution in [3.05, 3.63) is 35.9 Å². The van der Waals surface area contributed by atoms with Crippen LogP contribution in [0.5, 0.6) is 11.5 Å². The predicted octanol–water partition coefficient (Wildman–Crippen LogP) is 1.11. The van der Waals surface area contributed by atoms with Gasteiger partial charge in [0.1, 0.15) is 12.2 Å². The Labute approximate surface area is 105 Å². The highest BCUT2D eigenvalue weighted by molar-refractivity contribution is 5.46. The lowest BCUT2D eigenvalue weighted by Crippen LogP contribution is -2.14. The minimum atomic E-state index is 0.625. The fraction of sp³-hybridized carbons (Fsp3) is 0.333. The van der Waals surface area contributed by atoms with Crippen molar-refractivity contribution in [1.29, 1.82) is 0 Å². The Morgan fingerprint density at radius 1 is 1.22 bits per heavy atom. The van der Waals surface area contributed by atoms with Crippen molar-refractivity contribution in [2.45, 2.75) is 13.1 Å². The van der Waals surface area contributed by atoms with E-state index in [4.69, 9.17) is 9.47 Å². The second kappa shape index (κ2) is 6.02. The molecule has 0 radical (unpaired) electrons. The minimum Gasteiger partial charge on any atom is -0.493 e. The highest BCUT2D eigenvalue weighted by Gasteiger charge is 2.08. The van der Waals surface area contributed by atoms with E-state index >= 15 is 0 Å². The average Bonchev–Trinajstić information content (AvgIpc) is 2.91. The van der Waals surface area contributed by atoms with Gasteiger partial charge in [-0.15, -0.1) is 0 Å². The zero-order chi connectivity index (χ0) is 12.8. The molecule has 1 heterocycles. The van der Waals surface area contributed by atoms with Gasteiger partial charge in [0.05, 0.1) is 20.8 Å². The van der Waals surface area contributed by atoms with Crippen LogP contribution in [0.4, 0.5) is 0 Å². The van der Waals surface area contributed by atoms with Gasteiger partial charge < -0.3 is 14.8 Å². The van der Waals surface area contributed by atoms with Gasteiger partial charge in [-0.3, -0.25) is 5.10 Å². The number of hydrogen-bond donors (Lipinski definition) is 2. The van der Waals surface area contributed by atoms with E-state index in [1.807, 2.05) is 18.2 Å². The Morgan fingerprint density at radius 3 is 2.78 bits per heavy atom. The molecule has 0 bridgehead atoms. The number of H-pyrrole nitrogens is 1. The maximum absolute atomic E-state index is 5.35. The van der Waals surface area contributed by atoms with E-state index in [0.717, 1.165) is 22.9 Å². The second-order valence-corrected chi connectivity index (χ2v) is 3.69. The van der Waals surface area contributed by atoms with Crippen LogP contribution in [0.1, 0.15) is 11.4 Å². The molecule has 0 saturated heterocycles. The number of ether oxygens (including phenoxy) is 2. The van der Waals surface area contributed by atoms with Gasteiger partial charge >= 0.3 is 0 Å². The summed E-state index contributed by atoms with van der Waals surface area (Å²) >= 11 is 0. The van der Waals surface area contributed by atoms with Crippen LogP contribution in [0.3, 0.4) is 0 Å². The standard InChI is InChI=1S/C12H16N4O2/c1-17-10-5-3-4-9(12(10)18-2)6-13-7-11-14-8-15-16-11/h3-5,8,13H,6-7H2,1-2H3,(H,14,15,16). The molecule has 1 aromatic carbocycles. The van der Waals surface area contributed by atoms with Gasteiger partial charge in [0.15, 0.2) is 11.5 Å². The van der Waals surface area contributed by atoms with Gasteiger partial charge in [-0.05, 0) is 6.07 Å². The van der Waals surface area contributed by atoms with E-state index in [-0.39, 0.29) is 0 Å². The number of methoxy groups -OCH3 is 2. The molecule has 0 atom stereocenters. The number of aromatic amines is 1. The molecular formula is C12H16N4O2. The first-order valence-electron chi connectivity index (χ1n) is 5.60. The van der Waals surface area contributed by atoms with Crippen LogP contribution in [0.25, 0.3) is 0 Å². The van der Waals surface area contributed by atoms with Gasteiger partial charge in [-0.1, -0.05) is 12.1 Å². The number of rotatable bonds is 6. The highest BCUT2D eigenvalue weighted by atomic mass is 16.5. The first kappa shape index (κ1) is 12.4. The largest absolute Gasteiger partial charge is 0.493 e. The number of aromatic nitrogens is 3. The lowest BCUT2D eigenvalue weighted by Gasteiger charge is -2.12. The van der Waals surface area contributed by atoms with Crippen LogP contribution in [0.2, 0.25) is 0 Å². The molecular weight excluding hydrogens is 232 g/mol. The van der Waals surface area contributed by atoms with Crippen LogP contribution in [0, 0.1) is 0 Å². The predicted molar refractivity (Wildman–Crippen MR) is 66.5 cm³/mol. The van der Waals surface area contributed by atoms with E-state index in [0.29, 0.717) is 13.1 Å². The molecule has 6 nitrogen and oxygen atoms in total. The summed E-state index contributed by atoms with van der Waals surface area (Å²) in [6.07, 6.45) is 1.49. The average molecular weight is 248 g/mol. The Balaban J connectivity index is 2.00. The molecule has 1 aromatic heterocycles. The SMILES string of the molecule is COc1cccc(CNCc2ncn[nH]2)c1OC. The maximum Gasteiger partial charge on any atom is 0.165 e. The van der Waals surface area contributed by atoms with Gasteiger partial charge in [0.25, 0.3) is 0 Å². The third-order valence-electron chi connectivity index (χ3n) is 2.56. The normalized spacial score (nSPS) is 10.3. The van der Waals surface area contributed by atoms with Crippen molar-refractivity contribution >= 4 is 0 Å². The molecule has 0 aliphatic rings. The number of benzene rings is 1. The summed E-state index contributed by atoms with van der Waals surface area (Å²) in [4.78, 5) is 4.04. The van der Waals surface area contributed by atoms with Crippen LogP contribution in [0.15, 0.2) is 24.5 Å². The molecule has 0 fully saturated rings. The third-order valence-corrected chi connectivity index (χ3v) is 2.56. The zero-order valence-corrected chi connectivity index (χ0v) is 10.4. The van der Waals surface area contributed by atoms with E-state index in [1.54, 1.807) is 14.2 Å². The molecule has 2 N–H and O–H groups in total. The summed E-state index contributed by atoms with van der Waals surface area (Å²) in [5.74, 6) is 2.29. The Bertz CT molecular complexity index is 485. The van der Waals surface area contributed by atoms with Crippen molar-refractivity contribution in [3.8, 4) is 11.5 Å². The fourth-order valence-corrected chi connectivity index (χ4v) is 1.72. The Kier molecular flexibility index (Phi) is 4.14. The first-order chi connectivity index (χ1) is 8.85. The van der Waals surface area contributed by atoms with Crippen molar-refractivity contribution in [1.82, 2.24) is 20.5 Å². The first-order valence-corrected chi connectivity index (χ1v) is 5.60. The van der Waals surface area contributed by atoms with Crippen molar-refractivity contribution < 1.29 is 9.47 Å². The summed E-state index contributed by atoms with van der Waals surface area (Å²) < 4.78 is 10.6. The summed E-state index contributed by atoms with van der Waals surface area (Å²) in [6.45, 7) is 1.29. The Morgan fingerprint density at radius 2 is 2.11 bits per heavy atom. The molecule has 0 unspecified atom stereocenters. The van der Waals surface area contributed by atoms with E-state index in [2.05, 4.69) is 20.5 Å². The van der Waals surface area contributed by atoms with Crippen LogP contribution >= 0.6 is 0 Å². The molecule has 0 amide bonds. The molecule has 0 aliphatic heterocycles. The number of para-hydroxylation sites is 1. The monoisotopic (exact) mass is 248 g/mol. The summed E-state index contributed by atoms with van der Waals surface area (Å²) in [6, 6.07) is 5.81. The molecule has 96 valence electrons. The minimum absolute atomic E-state index is 0.625. The Hall–Kier alpha value is -2.08. The third kappa shape index (κ3) is 2.78. The van der Waals surface area contributed by atoms with Crippen LogP contribution in [-0.4, -0.2) is 29.4 Å². The van der Waals surface area contributed by atoms with Crippen molar-refractivity contribution in [2.24, 2.45) is 0 Å².